The van der Waals surface area contributed by atoms with E-state index in [1.54, 1.807) is 7.11 Å². The molecule has 1 aliphatic heterocycles. The molecule has 2 aromatic carbocycles. The third-order valence-corrected chi connectivity index (χ3v) is 5.60. The highest BCUT2D eigenvalue weighted by Crippen LogP contribution is 2.32. The van der Waals surface area contributed by atoms with Crippen LogP contribution >= 0.6 is 15.9 Å². The maximum atomic E-state index is 6.34. The van der Waals surface area contributed by atoms with Crippen molar-refractivity contribution in [2.45, 2.75) is 44.7 Å². The number of rotatable bonds is 8. The molecule has 0 bridgehead atoms. The Morgan fingerprint density at radius 2 is 1.37 bits per heavy atom. The largest absolute Gasteiger partial charge is 0.370 e. The molecule has 1 fully saturated rings. The summed E-state index contributed by atoms with van der Waals surface area (Å²) in [5.41, 5.74) is 2.26. The molecular weight excluding hydrogens is 408 g/mol. The van der Waals surface area contributed by atoms with E-state index in [0.717, 1.165) is 16.5 Å². The van der Waals surface area contributed by atoms with E-state index in [-0.39, 0.29) is 24.2 Å². The van der Waals surface area contributed by atoms with Crippen molar-refractivity contribution in [3.8, 4) is 0 Å². The van der Waals surface area contributed by atoms with Gasteiger partial charge in [-0.3, -0.25) is 0 Å². The summed E-state index contributed by atoms with van der Waals surface area (Å²) in [5, 5.41) is 0.727. The number of ether oxygens (including phenoxy) is 4. The molecular formula is C22H27BrO4. The normalized spacial score (nSPS) is 28.2. The smallest absolute Gasteiger partial charge is 0.186 e. The van der Waals surface area contributed by atoms with E-state index in [1.165, 1.54) is 0 Å². The van der Waals surface area contributed by atoms with Crippen molar-refractivity contribution in [2.24, 2.45) is 5.92 Å². The predicted molar refractivity (Wildman–Crippen MR) is 109 cm³/mol. The molecule has 3 rings (SSSR count). The monoisotopic (exact) mass is 434 g/mol. The van der Waals surface area contributed by atoms with Gasteiger partial charge in [-0.1, -0.05) is 83.5 Å². The topological polar surface area (TPSA) is 36.9 Å². The molecule has 0 spiro atoms. The SMILES string of the molecule is CO[C@H]1O[C@H](CBr)[C@@H](C)[C@H](OCc2ccccc2)[C@H]1OCc1ccccc1. The Kier molecular flexibility index (Phi) is 7.85. The molecule has 1 saturated heterocycles. The quantitative estimate of drug-likeness (QED) is 0.570. The summed E-state index contributed by atoms with van der Waals surface area (Å²) >= 11 is 3.55. The third-order valence-electron chi connectivity index (χ3n) is 4.96. The minimum Gasteiger partial charge on any atom is -0.370 e. The van der Waals surface area contributed by atoms with Gasteiger partial charge in [-0.15, -0.1) is 0 Å². The molecule has 0 unspecified atom stereocenters. The molecule has 0 aromatic heterocycles. The highest BCUT2D eigenvalue weighted by Gasteiger charge is 2.45. The van der Waals surface area contributed by atoms with Gasteiger partial charge in [0, 0.05) is 18.4 Å². The summed E-state index contributed by atoms with van der Waals surface area (Å²) in [6, 6.07) is 20.3. The highest BCUT2D eigenvalue weighted by atomic mass is 79.9. The molecule has 0 saturated carbocycles. The van der Waals surface area contributed by atoms with Crippen LogP contribution < -0.4 is 0 Å². The summed E-state index contributed by atoms with van der Waals surface area (Å²) < 4.78 is 24.3. The van der Waals surface area contributed by atoms with Crippen molar-refractivity contribution in [1.82, 2.24) is 0 Å². The molecule has 27 heavy (non-hydrogen) atoms. The van der Waals surface area contributed by atoms with Crippen LogP contribution in [-0.4, -0.2) is 37.0 Å². The maximum absolute atomic E-state index is 6.34. The lowest BCUT2D eigenvalue weighted by molar-refractivity contribution is -0.293. The van der Waals surface area contributed by atoms with Crippen LogP contribution in [0.25, 0.3) is 0 Å². The fraction of sp³-hybridized carbons (Fsp3) is 0.455. The van der Waals surface area contributed by atoms with Crippen LogP contribution in [0.1, 0.15) is 18.1 Å². The first-order chi connectivity index (χ1) is 13.2. The van der Waals surface area contributed by atoms with Crippen LogP contribution in [0.3, 0.4) is 0 Å². The van der Waals surface area contributed by atoms with E-state index in [4.69, 9.17) is 18.9 Å². The Bertz CT molecular complexity index is 667. The zero-order chi connectivity index (χ0) is 19.1. The second kappa shape index (κ2) is 10.3. The fourth-order valence-corrected chi connectivity index (χ4v) is 4.10. The second-order valence-corrected chi connectivity index (χ2v) is 7.46. The van der Waals surface area contributed by atoms with Gasteiger partial charge in [-0.05, 0) is 11.1 Å². The van der Waals surface area contributed by atoms with Crippen molar-refractivity contribution in [3.05, 3.63) is 71.8 Å². The molecule has 1 heterocycles. The van der Waals surface area contributed by atoms with Crippen LogP contribution in [0.4, 0.5) is 0 Å². The summed E-state index contributed by atoms with van der Waals surface area (Å²) in [4.78, 5) is 0. The Morgan fingerprint density at radius 1 is 0.852 bits per heavy atom. The molecule has 5 atom stereocenters. The van der Waals surface area contributed by atoms with Gasteiger partial charge in [0.15, 0.2) is 6.29 Å². The Morgan fingerprint density at radius 3 is 1.85 bits per heavy atom. The summed E-state index contributed by atoms with van der Waals surface area (Å²) in [6.45, 7) is 3.17. The minimum atomic E-state index is -0.465. The second-order valence-electron chi connectivity index (χ2n) is 6.81. The van der Waals surface area contributed by atoms with Gasteiger partial charge in [0.1, 0.15) is 6.10 Å². The number of alkyl halides is 1. The van der Waals surface area contributed by atoms with Crippen molar-refractivity contribution >= 4 is 15.9 Å². The van der Waals surface area contributed by atoms with E-state index < -0.39 is 6.29 Å². The van der Waals surface area contributed by atoms with Crippen LogP contribution in [0, 0.1) is 5.92 Å². The maximum Gasteiger partial charge on any atom is 0.186 e. The molecule has 0 amide bonds. The van der Waals surface area contributed by atoms with Crippen LogP contribution in [-0.2, 0) is 32.2 Å². The first-order valence-electron chi connectivity index (χ1n) is 9.28. The van der Waals surface area contributed by atoms with Gasteiger partial charge in [0.25, 0.3) is 0 Å². The molecule has 5 heteroatoms. The zero-order valence-electron chi connectivity index (χ0n) is 15.8. The van der Waals surface area contributed by atoms with Crippen molar-refractivity contribution in [2.75, 3.05) is 12.4 Å². The first kappa shape index (κ1) is 20.5. The van der Waals surface area contributed by atoms with Crippen LogP contribution in [0.5, 0.6) is 0 Å². The zero-order valence-corrected chi connectivity index (χ0v) is 17.4. The lowest BCUT2D eigenvalue weighted by Gasteiger charge is -2.44. The summed E-state index contributed by atoms with van der Waals surface area (Å²) in [7, 11) is 1.65. The average Bonchev–Trinajstić information content (AvgIpc) is 2.73. The molecule has 0 N–H and O–H groups in total. The Hall–Kier alpha value is -1.24. The number of methoxy groups -OCH3 is 1. The predicted octanol–water partition coefficient (Wildman–Crippen LogP) is 4.56. The van der Waals surface area contributed by atoms with Crippen molar-refractivity contribution < 1.29 is 18.9 Å². The van der Waals surface area contributed by atoms with E-state index in [1.807, 2.05) is 36.4 Å². The van der Waals surface area contributed by atoms with Gasteiger partial charge in [0.05, 0.1) is 25.4 Å². The number of halogens is 1. The van der Waals surface area contributed by atoms with Crippen molar-refractivity contribution in [3.63, 3.8) is 0 Å². The van der Waals surface area contributed by atoms with Gasteiger partial charge < -0.3 is 18.9 Å². The van der Waals surface area contributed by atoms with E-state index in [2.05, 4.69) is 47.1 Å². The molecule has 1 aliphatic rings. The van der Waals surface area contributed by atoms with E-state index in [9.17, 15) is 0 Å². The Labute approximate surface area is 169 Å². The molecule has 0 radical (unpaired) electrons. The minimum absolute atomic E-state index is 0.00676. The average molecular weight is 435 g/mol. The number of hydrogen-bond donors (Lipinski definition) is 0. The lowest BCUT2D eigenvalue weighted by Crippen LogP contribution is -2.56. The van der Waals surface area contributed by atoms with E-state index >= 15 is 0 Å². The van der Waals surface area contributed by atoms with Crippen LogP contribution in [0.2, 0.25) is 0 Å². The molecule has 0 aliphatic carbocycles. The summed E-state index contributed by atoms with van der Waals surface area (Å²) in [5.74, 6) is 0.167. The molecule has 4 nitrogen and oxygen atoms in total. The van der Waals surface area contributed by atoms with Crippen molar-refractivity contribution in [1.29, 1.82) is 0 Å². The van der Waals surface area contributed by atoms with Gasteiger partial charge >= 0.3 is 0 Å². The Balaban J connectivity index is 1.73. The fourth-order valence-electron chi connectivity index (χ4n) is 3.36. The number of hydrogen-bond acceptors (Lipinski definition) is 4. The molecule has 146 valence electrons. The van der Waals surface area contributed by atoms with Crippen LogP contribution in [0.15, 0.2) is 60.7 Å². The lowest BCUT2D eigenvalue weighted by atomic mass is 9.91. The van der Waals surface area contributed by atoms with Gasteiger partial charge in [-0.2, -0.15) is 0 Å². The number of benzene rings is 2. The van der Waals surface area contributed by atoms with Gasteiger partial charge in [0.2, 0.25) is 0 Å². The highest BCUT2D eigenvalue weighted by molar-refractivity contribution is 9.09. The molecule has 2 aromatic rings. The summed E-state index contributed by atoms with van der Waals surface area (Å²) in [6.07, 6.45) is -0.889. The third kappa shape index (κ3) is 5.39. The van der Waals surface area contributed by atoms with Gasteiger partial charge in [-0.25, -0.2) is 0 Å². The first-order valence-corrected chi connectivity index (χ1v) is 10.4. The standard InChI is InChI=1S/C22H27BrO4/c1-16-19(13-23)27-22(24-2)21(26-15-18-11-7-4-8-12-18)20(16)25-14-17-9-5-3-6-10-17/h3-12,16,19-22H,13-15H2,1-2H3/t16-,19-,20+,21-,22+/m1/s1. The van der Waals surface area contributed by atoms with E-state index in [0.29, 0.717) is 13.2 Å².